The molecule has 0 unspecified atom stereocenters. The minimum Gasteiger partial charge on any atom is -0.456 e. The molecular weight excluding hydrogens is 362 g/mol. The van der Waals surface area contributed by atoms with E-state index in [0.717, 1.165) is 11.3 Å². The van der Waals surface area contributed by atoms with Gasteiger partial charge in [-0.1, -0.05) is 55.8 Å². The van der Waals surface area contributed by atoms with Crippen molar-refractivity contribution in [3.63, 3.8) is 0 Å². The van der Waals surface area contributed by atoms with Crippen molar-refractivity contribution in [3.8, 4) is 23.0 Å². The maximum atomic E-state index is 5.98. The van der Waals surface area contributed by atoms with Crippen LogP contribution in [0.15, 0.2) is 71.4 Å². The van der Waals surface area contributed by atoms with Gasteiger partial charge in [0.25, 0.3) is 0 Å². The van der Waals surface area contributed by atoms with Gasteiger partial charge in [0.1, 0.15) is 11.5 Å². The van der Waals surface area contributed by atoms with Gasteiger partial charge in [0, 0.05) is 18.5 Å². The highest BCUT2D eigenvalue weighted by molar-refractivity contribution is 5.54. The number of benzene rings is 2. The first kappa shape index (κ1) is 18.9. The van der Waals surface area contributed by atoms with Gasteiger partial charge in [0.2, 0.25) is 11.8 Å². The van der Waals surface area contributed by atoms with Crippen LogP contribution in [0, 0.1) is 13.8 Å². The molecule has 0 N–H and O–H groups in total. The van der Waals surface area contributed by atoms with Crippen molar-refractivity contribution in [1.29, 1.82) is 0 Å². The van der Waals surface area contributed by atoms with Gasteiger partial charge in [-0.3, -0.25) is 4.98 Å². The third-order valence-corrected chi connectivity index (χ3v) is 5.07. The Bertz CT molecular complexity index is 1110. The number of aryl methyl sites for hydroxylation is 2. The normalized spacial score (nSPS) is 11.4. The lowest BCUT2D eigenvalue weighted by Crippen LogP contribution is -2.18. The summed E-state index contributed by atoms with van der Waals surface area (Å²) in [7, 11) is 0. The summed E-state index contributed by atoms with van der Waals surface area (Å²) in [5.74, 6) is 2.30. The first-order valence-corrected chi connectivity index (χ1v) is 9.53. The van der Waals surface area contributed by atoms with Crippen LogP contribution >= 0.6 is 0 Å². The van der Waals surface area contributed by atoms with Gasteiger partial charge in [0.05, 0.1) is 11.8 Å². The second-order valence-electron chi connectivity index (χ2n) is 7.65. The van der Waals surface area contributed by atoms with Crippen molar-refractivity contribution in [1.82, 2.24) is 15.2 Å². The molecule has 0 aliphatic heterocycles. The summed E-state index contributed by atoms with van der Waals surface area (Å²) >= 11 is 0. The maximum Gasteiger partial charge on any atom is 0.249 e. The monoisotopic (exact) mass is 385 g/mol. The molecule has 2 heterocycles. The van der Waals surface area contributed by atoms with E-state index in [0.29, 0.717) is 17.5 Å². The van der Waals surface area contributed by atoms with Crippen molar-refractivity contribution >= 4 is 0 Å². The average Bonchev–Trinajstić information content (AvgIpc) is 3.15. The zero-order valence-electron chi connectivity index (χ0n) is 17.0. The van der Waals surface area contributed by atoms with E-state index >= 15 is 0 Å². The summed E-state index contributed by atoms with van der Waals surface area (Å²) < 4.78 is 11.4. The third-order valence-electron chi connectivity index (χ3n) is 5.07. The van der Waals surface area contributed by atoms with Crippen molar-refractivity contribution in [2.24, 2.45) is 0 Å². The van der Waals surface area contributed by atoms with Crippen LogP contribution in [0.2, 0.25) is 0 Å². The molecule has 0 atom stereocenters. The van der Waals surface area contributed by atoms with Gasteiger partial charge in [-0.2, -0.15) is 0 Å². The van der Waals surface area contributed by atoms with Gasteiger partial charge >= 0.3 is 0 Å². The molecule has 29 heavy (non-hydrogen) atoms. The Hall–Kier alpha value is -3.47. The highest BCUT2D eigenvalue weighted by Crippen LogP contribution is 2.33. The molecule has 5 heteroatoms. The zero-order chi connectivity index (χ0) is 20.4. The van der Waals surface area contributed by atoms with E-state index in [-0.39, 0.29) is 5.41 Å². The summed E-state index contributed by atoms with van der Waals surface area (Å²) in [5, 5.41) is 7.88. The topological polar surface area (TPSA) is 61.0 Å². The fourth-order valence-corrected chi connectivity index (χ4v) is 3.22. The Kier molecular flexibility index (Phi) is 4.89. The summed E-state index contributed by atoms with van der Waals surface area (Å²) in [6.07, 6.45) is 3.34. The maximum absolute atomic E-state index is 5.98. The smallest absolute Gasteiger partial charge is 0.249 e. The average molecular weight is 385 g/mol. The number of hydrogen-bond donors (Lipinski definition) is 0. The number of aromatic nitrogens is 3. The molecule has 0 saturated carbocycles. The number of rotatable bonds is 5. The quantitative estimate of drug-likeness (QED) is 0.430. The Morgan fingerprint density at radius 1 is 0.793 bits per heavy atom. The molecule has 0 amide bonds. The van der Waals surface area contributed by atoms with Crippen LogP contribution in [0.25, 0.3) is 11.5 Å². The SMILES string of the molecule is Cc1ccc(C(C)(C)c2ccc(Oc3cncc(-c4nnc(C)o4)c3)cc2)cc1. The van der Waals surface area contributed by atoms with E-state index in [1.54, 1.807) is 19.3 Å². The Morgan fingerprint density at radius 2 is 1.45 bits per heavy atom. The van der Waals surface area contributed by atoms with E-state index in [2.05, 4.69) is 72.4 Å². The van der Waals surface area contributed by atoms with Crippen LogP contribution in [-0.2, 0) is 5.41 Å². The highest BCUT2D eigenvalue weighted by atomic mass is 16.5. The molecule has 5 nitrogen and oxygen atoms in total. The molecule has 4 rings (SSSR count). The lowest BCUT2D eigenvalue weighted by atomic mass is 9.78. The minimum absolute atomic E-state index is 0.0937. The molecule has 0 aliphatic carbocycles. The van der Waals surface area contributed by atoms with Crippen LogP contribution in [0.3, 0.4) is 0 Å². The lowest BCUT2D eigenvalue weighted by molar-refractivity contribution is 0.478. The van der Waals surface area contributed by atoms with Crippen LogP contribution in [0.1, 0.15) is 36.4 Å². The number of ether oxygens (including phenoxy) is 1. The first-order chi connectivity index (χ1) is 13.9. The molecule has 2 aromatic heterocycles. The Labute approximate surface area is 170 Å². The standard InChI is InChI=1S/C24H23N3O2/c1-16-5-7-19(8-6-16)24(3,4)20-9-11-21(12-10-20)29-22-13-18(14-25-15-22)23-27-26-17(2)28-23/h5-15H,1-4H3. The predicted molar refractivity (Wildman–Crippen MR) is 112 cm³/mol. The van der Waals surface area contributed by atoms with Crippen molar-refractivity contribution in [2.45, 2.75) is 33.1 Å². The number of nitrogens with zero attached hydrogens (tertiary/aromatic N) is 3. The summed E-state index contributed by atoms with van der Waals surface area (Å²) in [5.41, 5.74) is 4.40. The van der Waals surface area contributed by atoms with E-state index in [1.807, 2.05) is 18.2 Å². The van der Waals surface area contributed by atoms with Crippen LogP contribution < -0.4 is 4.74 Å². The molecule has 2 aromatic carbocycles. The minimum atomic E-state index is -0.0937. The zero-order valence-corrected chi connectivity index (χ0v) is 17.0. The van der Waals surface area contributed by atoms with E-state index in [4.69, 9.17) is 9.15 Å². The van der Waals surface area contributed by atoms with Crippen molar-refractivity contribution in [2.75, 3.05) is 0 Å². The largest absolute Gasteiger partial charge is 0.456 e. The fraction of sp³-hybridized carbons (Fsp3) is 0.208. The Morgan fingerprint density at radius 3 is 2.07 bits per heavy atom. The van der Waals surface area contributed by atoms with E-state index in [1.165, 1.54) is 16.7 Å². The van der Waals surface area contributed by atoms with E-state index < -0.39 is 0 Å². The molecule has 0 radical (unpaired) electrons. The molecule has 0 spiro atoms. The number of hydrogen-bond acceptors (Lipinski definition) is 5. The second-order valence-corrected chi connectivity index (χ2v) is 7.65. The van der Waals surface area contributed by atoms with Crippen LogP contribution in [0.5, 0.6) is 11.5 Å². The third kappa shape index (κ3) is 4.04. The van der Waals surface area contributed by atoms with Gasteiger partial charge in [0.15, 0.2) is 0 Å². The fourth-order valence-electron chi connectivity index (χ4n) is 3.22. The molecule has 0 aliphatic rings. The summed E-state index contributed by atoms with van der Waals surface area (Å²) in [6.45, 7) is 8.32. The van der Waals surface area contributed by atoms with Gasteiger partial charge in [-0.05, 0) is 36.2 Å². The first-order valence-electron chi connectivity index (χ1n) is 9.53. The van der Waals surface area contributed by atoms with Gasteiger partial charge in [-0.25, -0.2) is 0 Å². The molecule has 146 valence electrons. The van der Waals surface area contributed by atoms with Crippen molar-refractivity contribution in [3.05, 3.63) is 89.6 Å². The predicted octanol–water partition coefficient (Wildman–Crippen LogP) is 5.87. The van der Waals surface area contributed by atoms with Gasteiger partial charge < -0.3 is 9.15 Å². The molecule has 0 bridgehead atoms. The molecular formula is C24H23N3O2. The highest BCUT2D eigenvalue weighted by Gasteiger charge is 2.23. The lowest BCUT2D eigenvalue weighted by Gasteiger charge is -2.26. The molecule has 4 aromatic rings. The number of pyridine rings is 1. The van der Waals surface area contributed by atoms with E-state index in [9.17, 15) is 0 Å². The summed E-state index contributed by atoms with van der Waals surface area (Å²) in [4.78, 5) is 4.22. The summed E-state index contributed by atoms with van der Waals surface area (Å²) in [6, 6.07) is 18.7. The van der Waals surface area contributed by atoms with Crippen LogP contribution in [0.4, 0.5) is 0 Å². The van der Waals surface area contributed by atoms with Gasteiger partial charge in [-0.15, -0.1) is 10.2 Å². The Balaban J connectivity index is 1.53. The second kappa shape index (κ2) is 7.51. The van der Waals surface area contributed by atoms with Crippen LogP contribution in [-0.4, -0.2) is 15.2 Å². The van der Waals surface area contributed by atoms with Crippen molar-refractivity contribution < 1.29 is 9.15 Å². The molecule has 0 saturated heterocycles. The molecule has 0 fully saturated rings.